The first-order chi connectivity index (χ1) is 11.0. The standard InChI is InChI=1S/C18H25N3O2/c1-5-21(6-2)14-9-10-15-16(12-14)20-17(19-15)8-7-11-23-18(22)13(3)4/h9-10,12H,3,5-8,11H2,1-2,4H3,(H,19,20). The molecule has 0 unspecified atom stereocenters. The number of rotatable bonds is 8. The normalized spacial score (nSPS) is 10.7. The molecule has 5 heteroatoms. The summed E-state index contributed by atoms with van der Waals surface area (Å²) in [5.41, 5.74) is 3.64. The van der Waals surface area contributed by atoms with Gasteiger partial charge in [0.2, 0.25) is 0 Å². The van der Waals surface area contributed by atoms with Crippen LogP contribution in [-0.4, -0.2) is 35.6 Å². The van der Waals surface area contributed by atoms with E-state index in [1.807, 2.05) is 6.07 Å². The average Bonchev–Trinajstić information content (AvgIpc) is 2.94. The van der Waals surface area contributed by atoms with Gasteiger partial charge in [-0.3, -0.25) is 0 Å². The van der Waals surface area contributed by atoms with E-state index in [9.17, 15) is 4.79 Å². The molecule has 1 aromatic carbocycles. The summed E-state index contributed by atoms with van der Waals surface area (Å²) in [7, 11) is 0. The number of imidazole rings is 1. The fourth-order valence-electron chi connectivity index (χ4n) is 2.48. The van der Waals surface area contributed by atoms with Crippen LogP contribution in [0.25, 0.3) is 11.0 Å². The Hall–Kier alpha value is -2.30. The summed E-state index contributed by atoms with van der Waals surface area (Å²) in [4.78, 5) is 21.5. The van der Waals surface area contributed by atoms with Crippen molar-refractivity contribution < 1.29 is 9.53 Å². The Balaban J connectivity index is 1.97. The van der Waals surface area contributed by atoms with Gasteiger partial charge in [-0.2, -0.15) is 0 Å². The molecule has 0 aliphatic carbocycles. The van der Waals surface area contributed by atoms with E-state index in [2.05, 4.69) is 47.4 Å². The molecule has 1 aromatic heterocycles. The maximum Gasteiger partial charge on any atom is 0.333 e. The van der Waals surface area contributed by atoms with Crippen molar-refractivity contribution in [1.29, 1.82) is 0 Å². The summed E-state index contributed by atoms with van der Waals surface area (Å²) >= 11 is 0. The van der Waals surface area contributed by atoms with Crippen LogP contribution < -0.4 is 4.90 Å². The van der Waals surface area contributed by atoms with Gasteiger partial charge in [0.1, 0.15) is 5.82 Å². The highest BCUT2D eigenvalue weighted by atomic mass is 16.5. The number of nitrogens with one attached hydrogen (secondary N) is 1. The number of carbonyl (C=O) groups is 1. The lowest BCUT2D eigenvalue weighted by Gasteiger charge is -2.20. The van der Waals surface area contributed by atoms with E-state index in [-0.39, 0.29) is 5.97 Å². The van der Waals surface area contributed by atoms with Crippen molar-refractivity contribution in [1.82, 2.24) is 9.97 Å². The van der Waals surface area contributed by atoms with Crippen molar-refractivity contribution in [2.45, 2.75) is 33.6 Å². The highest BCUT2D eigenvalue weighted by molar-refractivity contribution is 5.86. The van der Waals surface area contributed by atoms with Crippen LogP contribution in [0.4, 0.5) is 5.69 Å². The Kier molecular flexibility index (Phi) is 5.79. The average molecular weight is 315 g/mol. The van der Waals surface area contributed by atoms with E-state index in [0.29, 0.717) is 12.2 Å². The molecule has 0 radical (unpaired) electrons. The van der Waals surface area contributed by atoms with Gasteiger partial charge in [-0.25, -0.2) is 9.78 Å². The maximum absolute atomic E-state index is 11.3. The zero-order valence-electron chi connectivity index (χ0n) is 14.2. The molecule has 1 N–H and O–H groups in total. The number of ether oxygens (including phenoxy) is 1. The molecule has 0 amide bonds. The molecule has 1 heterocycles. The summed E-state index contributed by atoms with van der Waals surface area (Å²) in [5, 5.41) is 0. The number of aromatic amines is 1. The monoisotopic (exact) mass is 315 g/mol. The summed E-state index contributed by atoms with van der Waals surface area (Å²) in [6, 6.07) is 6.29. The highest BCUT2D eigenvalue weighted by Gasteiger charge is 2.08. The van der Waals surface area contributed by atoms with E-state index in [0.717, 1.165) is 42.8 Å². The third-order valence-electron chi connectivity index (χ3n) is 3.78. The molecule has 0 saturated carbocycles. The minimum Gasteiger partial charge on any atom is -0.462 e. The highest BCUT2D eigenvalue weighted by Crippen LogP contribution is 2.21. The number of fused-ring (bicyclic) bond motifs is 1. The molecule has 0 bridgehead atoms. The van der Waals surface area contributed by atoms with Crippen molar-refractivity contribution in [2.75, 3.05) is 24.6 Å². The molecule has 23 heavy (non-hydrogen) atoms. The molecule has 0 fully saturated rings. The van der Waals surface area contributed by atoms with Crippen molar-refractivity contribution in [3.05, 3.63) is 36.2 Å². The van der Waals surface area contributed by atoms with Gasteiger partial charge in [0.25, 0.3) is 0 Å². The van der Waals surface area contributed by atoms with Gasteiger partial charge < -0.3 is 14.6 Å². The number of hydrogen-bond acceptors (Lipinski definition) is 4. The fourth-order valence-corrected chi connectivity index (χ4v) is 2.48. The van der Waals surface area contributed by atoms with Gasteiger partial charge in [-0.15, -0.1) is 0 Å². The van der Waals surface area contributed by atoms with E-state index < -0.39 is 0 Å². The number of benzene rings is 1. The second-order valence-corrected chi connectivity index (χ2v) is 5.58. The topological polar surface area (TPSA) is 58.2 Å². The van der Waals surface area contributed by atoms with Crippen LogP contribution in [0.2, 0.25) is 0 Å². The molecule has 124 valence electrons. The van der Waals surface area contributed by atoms with Crippen LogP contribution in [0.5, 0.6) is 0 Å². The number of nitrogens with zero attached hydrogens (tertiary/aromatic N) is 2. The van der Waals surface area contributed by atoms with Crippen LogP contribution >= 0.6 is 0 Å². The summed E-state index contributed by atoms with van der Waals surface area (Å²) in [6.45, 7) is 11.9. The van der Waals surface area contributed by atoms with Gasteiger partial charge >= 0.3 is 5.97 Å². The number of carbonyl (C=O) groups excluding carboxylic acids is 1. The van der Waals surface area contributed by atoms with E-state index in [1.54, 1.807) is 6.92 Å². The molecule has 5 nitrogen and oxygen atoms in total. The van der Waals surface area contributed by atoms with E-state index in [1.165, 1.54) is 5.69 Å². The Labute approximate surface area is 137 Å². The fraction of sp³-hybridized carbons (Fsp3) is 0.444. The number of aromatic nitrogens is 2. The number of hydrogen-bond donors (Lipinski definition) is 1. The molecular weight excluding hydrogens is 290 g/mol. The maximum atomic E-state index is 11.3. The van der Waals surface area contributed by atoms with Crippen molar-refractivity contribution >= 4 is 22.7 Å². The first-order valence-electron chi connectivity index (χ1n) is 8.11. The van der Waals surface area contributed by atoms with E-state index in [4.69, 9.17) is 4.74 Å². The molecule has 0 aliphatic rings. The molecule has 2 rings (SSSR count). The predicted molar refractivity (Wildman–Crippen MR) is 93.7 cm³/mol. The number of anilines is 1. The molecule has 0 saturated heterocycles. The number of aryl methyl sites for hydroxylation is 1. The zero-order valence-corrected chi connectivity index (χ0v) is 14.2. The second kappa shape index (κ2) is 7.81. The van der Waals surface area contributed by atoms with Crippen molar-refractivity contribution in [3.63, 3.8) is 0 Å². The molecule has 0 atom stereocenters. The molecular formula is C18H25N3O2. The Morgan fingerprint density at radius 1 is 1.35 bits per heavy atom. The van der Waals surface area contributed by atoms with Crippen molar-refractivity contribution in [2.24, 2.45) is 0 Å². The zero-order chi connectivity index (χ0) is 16.8. The van der Waals surface area contributed by atoms with Gasteiger partial charge in [0.05, 0.1) is 17.6 Å². The SMILES string of the molecule is C=C(C)C(=O)OCCCc1nc2ccc(N(CC)CC)cc2[nH]1. The quantitative estimate of drug-likeness (QED) is 0.460. The predicted octanol–water partition coefficient (Wildman–Crippen LogP) is 3.46. The van der Waals surface area contributed by atoms with Crippen molar-refractivity contribution in [3.8, 4) is 0 Å². The largest absolute Gasteiger partial charge is 0.462 e. The summed E-state index contributed by atoms with van der Waals surface area (Å²) < 4.78 is 5.09. The first kappa shape index (κ1) is 17.1. The minimum absolute atomic E-state index is 0.335. The second-order valence-electron chi connectivity index (χ2n) is 5.58. The lowest BCUT2D eigenvalue weighted by atomic mass is 10.2. The van der Waals surface area contributed by atoms with Crippen LogP contribution in [-0.2, 0) is 16.0 Å². The third-order valence-corrected chi connectivity index (χ3v) is 3.78. The summed E-state index contributed by atoms with van der Waals surface area (Å²) in [5.74, 6) is 0.585. The third kappa shape index (κ3) is 4.34. The van der Waals surface area contributed by atoms with E-state index >= 15 is 0 Å². The van der Waals surface area contributed by atoms with Crippen LogP contribution in [0.15, 0.2) is 30.4 Å². The minimum atomic E-state index is -0.335. The van der Waals surface area contributed by atoms with Gasteiger partial charge in [0, 0.05) is 30.8 Å². The van der Waals surface area contributed by atoms with Crippen LogP contribution in [0, 0.1) is 0 Å². The van der Waals surface area contributed by atoms with Crippen LogP contribution in [0.3, 0.4) is 0 Å². The Morgan fingerprint density at radius 2 is 2.09 bits per heavy atom. The molecule has 0 spiro atoms. The van der Waals surface area contributed by atoms with Gasteiger partial charge in [-0.1, -0.05) is 6.58 Å². The smallest absolute Gasteiger partial charge is 0.333 e. The first-order valence-corrected chi connectivity index (χ1v) is 8.11. The number of esters is 1. The molecule has 0 aliphatic heterocycles. The Bertz CT molecular complexity index is 687. The lowest BCUT2D eigenvalue weighted by molar-refractivity contribution is -0.139. The molecule has 2 aromatic rings. The van der Waals surface area contributed by atoms with Gasteiger partial charge in [0.15, 0.2) is 0 Å². The number of H-pyrrole nitrogens is 1. The van der Waals surface area contributed by atoms with Crippen LogP contribution in [0.1, 0.15) is 33.0 Å². The van der Waals surface area contributed by atoms with Gasteiger partial charge in [-0.05, 0) is 45.4 Å². The summed E-state index contributed by atoms with van der Waals surface area (Å²) in [6.07, 6.45) is 1.49. The Morgan fingerprint density at radius 3 is 2.74 bits per heavy atom. The lowest BCUT2D eigenvalue weighted by Crippen LogP contribution is -2.21.